The van der Waals surface area contributed by atoms with E-state index in [9.17, 15) is 0 Å². The third kappa shape index (κ3) is 4.02. The third-order valence-electron chi connectivity index (χ3n) is 1.84. The Bertz CT molecular complexity index is 120. The standard InChI is InChI=1S/C4H12O2Si2.C2H4O/c1-8(2,6-7)4-3-5-4;1-2-3-1/h4H,3H2,1-2,7H3;1-2H2. The van der Waals surface area contributed by atoms with E-state index in [1.54, 1.807) is 0 Å². The zero-order valence-corrected chi connectivity index (χ0v) is 10.4. The van der Waals surface area contributed by atoms with Crippen LogP contribution in [0.25, 0.3) is 0 Å². The monoisotopic (exact) mass is 192 g/mol. The quantitative estimate of drug-likeness (QED) is 0.435. The van der Waals surface area contributed by atoms with Crippen molar-refractivity contribution < 1.29 is 13.6 Å². The van der Waals surface area contributed by atoms with E-state index < -0.39 is 8.32 Å². The lowest BCUT2D eigenvalue weighted by atomic mass is 11.0. The first-order valence-electron chi connectivity index (χ1n) is 3.91. The highest BCUT2D eigenvalue weighted by Crippen LogP contribution is 2.22. The molecule has 0 amide bonds. The summed E-state index contributed by atoms with van der Waals surface area (Å²) in [6.07, 6.45) is 0. The van der Waals surface area contributed by atoms with Crippen LogP contribution in [-0.2, 0) is 13.6 Å². The molecule has 1 atom stereocenters. The lowest BCUT2D eigenvalue weighted by molar-refractivity contribution is 0.429. The van der Waals surface area contributed by atoms with E-state index in [1.165, 1.54) is 0 Å². The van der Waals surface area contributed by atoms with E-state index in [2.05, 4.69) is 17.8 Å². The Morgan fingerprint density at radius 3 is 2.00 bits per heavy atom. The van der Waals surface area contributed by atoms with Gasteiger partial charge >= 0.3 is 0 Å². The fourth-order valence-electron chi connectivity index (χ4n) is 0.581. The van der Waals surface area contributed by atoms with Crippen molar-refractivity contribution in [2.24, 2.45) is 0 Å². The third-order valence-corrected chi connectivity index (χ3v) is 7.93. The predicted octanol–water partition coefficient (Wildman–Crippen LogP) is -0.557. The molecular weight excluding hydrogens is 176 g/mol. The average molecular weight is 192 g/mol. The molecule has 2 aliphatic rings. The molecule has 0 N–H and O–H groups in total. The van der Waals surface area contributed by atoms with Crippen molar-refractivity contribution in [1.29, 1.82) is 0 Å². The van der Waals surface area contributed by atoms with Crippen LogP contribution in [0.3, 0.4) is 0 Å². The smallest absolute Gasteiger partial charge is 0.205 e. The summed E-state index contributed by atoms with van der Waals surface area (Å²) in [6.45, 7) is 7.36. The molecule has 0 aromatic carbocycles. The number of hydrogen-bond acceptors (Lipinski definition) is 3. The molecule has 2 saturated heterocycles. The Kier molecular flexibility index (Phi) is 3.26. The lowest BCUT2D eigenvalue weighted by Crippen LogP contribution is -2.36. The predicted molar refractivity (Wildman–Crippen MR) is 49.1 cm³/mol. The minimum atomic E-state index is -1.30. The first-order valence-corrected chi connectivity index (χ1v) is 7.71. The van der Waals surface area contributed by atoms with E-state index in [4.69, 9.17) is 8.85 Å². The van der Waals surface area contributed by atoms with Crippen molar-refractivity contribution in [3.63, 3.8) is 0 Å². The molecule has 2 rings (SSSR count). The molecule has 66 valence electrons. The lowest BCUT2D eigenvalue weighted by Gasteiger charge is -2.16. The SMILES string of the molecule is C1CO1.C[Si](C)(O[SiH3])C1CO1. The van der Waals surface area contributed by atoms with E-state index >= 15 is 0 Å². The van der Waals surface area contributed by atoms with Crippen LogP contribution in [0.15, 0.2) is 0 Å². The van der Waals surface area contributed by atoms with Crippen LogP contribution >= 0.6 is 0 Å². The number of ether oxygens (including phenoxy) is 2. The minimum absolute atomic E-state index is 0.514. The van der Waals surface area contributed by atoms with Crippen LogP contribution in [0.5, 0.6) is 0 Å². The van der Waals surface area contributed by atoms with Crippen molar-refractivity contribution >= 4 is 18.8 Å². The summed E-state index contributed by atoms with van der Waals surface area (Å²) in [5.74, 6) is 0. The highest BCUT2D eigenvalue weighted by molar-refractivity contribution is 6.75. The van der Waals surface area contributed by atoms with Crippen LogP contribution in [0, 0.1) is 0 Å². The topological polar surface area (TPSA) is 34.3 Å². The van der Waals surface area contributed by atoms with Gasteiger partial charge in [0.15, 0.2) is 0 Å². The van der Waals surface area contributed by atoms with Crippen molar-refractivity contribution in [3.8, 4) is 0 Å². The van der Waals surface area contributed by atoms with Gasteiger partial charge in [-0.05, 0) is 13.1 Å². The molecule has 11 heavy (non-hydrogen) atoms. The highest BCUT2D eigenvalue weighted by Gasteiger charge is 2.41. The summed E-state index contributed by atoms with van der Waals surface area (Å²) in [7, 11) is -0.437. The van der Waals surface area contributed by atoms with Gasteiger partial charge < -0.3 is 13.6 Å². The molecule has 2 aliphatic heterocycles. The summed E-state index contributed by atoms with van der Waals surface area (Å²) >= 11 is 0. The fraction of sp³-hybridized carbons (Fsp3) is 1.00. The van der Waals surface area contributed by atoms with Crippen LogP contribution in [0.4, 0.5) is 0 Å². The van der Waals surface area contributed by atoms with E-state index in [-0.39, 0.29) is 0 Å². The Morgan fingerprint density at radius 1 is 1.45 bits per heavy atom. The van der Waals surface area contributed by atoms with Gasteiger partial charge in [-0.2, -0.15) is 0 Å². The van der Waals surface area contributed by atoms with Gasteiger partial charge in [0, 0.05) is 0 Å². The minimum Gasteiger partial charge on any atom is -0.462 e. The fourth-order valence-corrected chi connectivity index (χ4v) is 2.53. The van der Waals surface area contributed by atoms with Gasteiger partial charge in [0.2, 0.25) is 8.32 Å². The van der Waals surface area contributed by atoms with Gasteiger partial charge in [0.25, 0.3) is 0 Å². The Morgan fingerprint density at radius 2 is 1.91 bits per heavy atom. The average Bonchev–Trinajstić information content (AvgIpc) is 2.77. The molecular formula is C6H16O3Si2. The zero-order valence-electron chi connectivity index (χ0n) is 7.42. The summed E-state index contributed by atoms with van der Waals surface area (Å²) in [5, 5.41) is 0. The number of hydrogen-bond donors (Lipinski definition) is 0. The van der Waals surface area contributed by atoms with Crippen molar-refractivity contribution in [2.75, 3.05) is 19.8 Å². The van der Waals surface area contributed by atoms with Crippen LogP contribution < -0.4 is 0 Å². The molecule has 0 aliphatic carbocycles. The first-order chi connectivity index (χ1) is 5.17. The molecule has 0 spiro atoms. The highest BCUT2D eigenvalue weighted by atomic mass is 28.4. The second-order valence-electron chi connectivity index (χ2n) is 3.24. The first kappa shape index (κ1) is 9.40. The maximum absolute atomic E-state index is 5.41. The molecule has 5 heteroatoms. The van der Waals surface area contributed by atoms with Gasteiger partial charge in [-0.15, -0.1) is 0 Å². The Hall–Kier alpha value is 0.314. The summed E-state index contributed by atoms with van der Waals surface area (Å²) < 4.78 is 15.0. The number of rotatable bonds is 2. The van der Waals surface area contributed by atoms with E-state index in [1.807, 2.05) is 0 Å². The molecule has 0 aromatic heterocycles. The molecule has 1 unspecified atom stereocenters. The Labute approximate surface area is 71.7 Å². The van der Waals surface area contributed by atoms with Gasteiger partial charge in [-0.3, -0.25) is 0 Å². The molecule has 0 radical (unpaired) electrons. The molecule has 3 nitrogen and oxygen atoms in total. The molecule has 0 bridgehead atoms. The summed E-state index contributed by atoms with van der Waals surface area (Å²) in [4.78, 5) is 0. The zero-order chi connectivity index (χ0) is 8.32. The van der Waals surface area contributed by atoms with Crippen molar-refractivity contribution in [2.45, 2.75) is 18.8 Å². The normalized spacial score (nSPS) is 27.3. The molecule has 0 saturated carbocycles. The molecule has 2 fully saturated rings. The van der Waals surface area contributed by atoms with Crippen LogP contribution in [0.1, 0.15) is 0 Å². The molecule has 0 aromatic rings. The van der Waals surface area contributed by atoms with Gasteiger partial charge in [0.1, 0.15) is 10.5 Å². The van der Waals surface area contributed by atoms with Gasteiger partial charge in [-0.25, -0.2) is 0 Å². The van der Waals surface area contributed by atoms with Crippen LogP contribution in [0.2, 0.25) is 13.1 Å². The van der Waals surface area contributed by atoms with Crippen molar-refractivity contribution in [3.05, 3.63) is 0 Å². The maximum atomic E-state index is 5.41. The summed E-state index contributed by atoms with van der Waals surface area (Å²) in [5.41, 5.74) is 0.514. The second-order valence-corrected chi connectivity index (χ2v) is 8.73. The molecule has 2 heterocycles. The Balaban J connectivity index is 0.000000167. The van der Waals surface area contributed by atoms with E-state index in [0.717, 1.165) is 30.3 Å². The number of epoxide rings is 2. The van der Waals surface area contributed by atoms with Crippen molar-refractivity contribution in [1.82, 2.24) is 0 Å². The van der Waals surface area contributed by atoms with Gasteiger partial charge in [0.05, 0.1) is 25.5 Å². The largest absolute Gasteiger partial charge is 0.462 e. The summed E-state index contributed by atoms with van der Waals surface area (Å²) in [6, 6.07) is 0. The van der Waals surface area contributed by atoms with E-state index in [0.29, 0.717) is 5.73 Å². The van der Waals surface area contributed by atoms with Gasteiger partial charge in [-0.1, -0.05) is 0 Å². The second kappa shape index (κ2) is 3.82. The van der Waals surface area contributed by atoms with Crippen LogP contribution in [-0.4, -0.2) is 44.4 Å². The maximum Gasteiger partial charge on any atom is 0.205 e.